The molecule has 3 aromatic heterocycles. The first-order chi connectivity index (χ1) is 16.4. The zero-order valence-corrected chi connectivity index (χ0v) is 18.4. The third-order valence-electron chi connectivity index (χ3n) is 5.95. The monoisotopic (exact) mass is 464 g/mol. The van der Waals surface area contributed by atoms with Crippen molar-refractivity contribution in [1.82, 2.24) is 19.3 Å². The molecule has 0 bridgehead atoms. The maximum Gasteiger partial charge on any atom is 0.407 e. The van der Waals surface area contributed by atoms with Crippen LogP contribution in [0.25, 0.3) is 28.2 Å². The van der Waals surface area contributed by atoms with E-state index < -0.39 is 23.8 Å². The summed E-state index contributed by atoms with van der Waals surface area (Å²) in [6.45, 7) is 2.61. The molecule has 0 unspecified atom stereocenters. The zero-order chi connectivity index (χ0) is 23.8. The van der Waals surface area contributed by atoms with Gasteiger partial charge in [0.05, 0.1) is 41.9 Å². The number of halogens is 2. The van der Waals surface area contributed by atoms with Gasteiger partial charge in [0.25, 0.3) is 0 Å². The van der Waals surface area contributed by atoms with Gasteiger partial charge in [-0.25, -0.2) is 18.6 Å². The lowest BCUT2D eigenvalue weighted by Crippen LogP contribution is -2.45. The van der Waals surface area contributed by atoms with E-state index in [0.29, 0.717) is 22.6 Å². The number of aryl methyl sites for hydroxylation is 1. The number of fused-ring (bicyclic) bond motifs is 1. The minimum absolute atomic E-state index is 0.164. The van der Waals surface area contributed by atoms with Gasteiger partial charge in [-0.1, -0.05) is 6.07 Å². The Kier molecular flexibility index (Phi) is 5.70. The Hall–Kier alpha value is -3.85. The molecule has 0 spiro atoms. The Morgan fingerprint density at radius 3 is 2.71 bits per heavy atom. The van der Waals surface area contributed by atoms with Crippen molar-refractivity contribution in [2.24, 2.45) is 0 Å². The van der Waals surface area contributed by atoms with E-state index in [-0.39, 0.29) is 37.4 Å². The Bertz CT molecular complexity index is 1350. The second-order valence-electron chi connectivity index (χ2n) is 8.29. The molecule has 1 amide bonds. The van der Waals surface area contributed by atoms with Gasteiger partial charge in [-0.2, -0.15) is 0 Å². The number of aromatic nitrogens is 3. The van der Waals surface area contributed by atoms with Crippen LogP contribution in [0.2, 0.25) is 0 Å². The number of amides is 1. The number of nitrogens with zero attached hydrogens (tertiary/aromatic N) is 4. The van der Waals surface area contributed by atoms with Crippen molar-refractivity contribution in [3.63, 3.8) is 0 Å². The molecule has 1 aliphatic heterocycles. The van der Waals surface area contributed by atoms with Crippen molar-refractivity contribution in [3.8, 4) is 22.5 Å². The van der Waals surface area contributed by atoms with Crippen LogP contribution in [-0.2, 0) is 11.2 Å². The Morgan fingerprint density at radius 2 is 2.00 bits per heavy atom. The summed E-state index contributed by atoms with van der Waals surface area (Å²) in [5.74, 6) is -1.50. The molecule has 1 fully saturated rings. The van der Waals surface area contributed by atoms with Gasteiger partial charge >= 0.3 is 6.09 Å². The molecule has 9 heteroatoms. The second kappa shape index (κ2) is 8.83. The minimum atomic E-state index is -1.02. The number of morpholine rings is 1. The quantitative estimate of drug-likeness (QED) is 0.479. The van der Waals surface area contributed by atoms with E-state index in [1.54, 1.807) is 35.0 Å². The fraction of sp³-hybridized carbons (Fsp3) is 0.240. The molecular weight excluding hydrogens is 442 g/mol. The number of hydrogen-bond donors (Lipinski definition) is 1. The minimum Gasteiger partial charge on any atom is -0.465 e. The first-order valence-electron chi connectivity index (χ1n) is 10.9. The van der Waals surface area contributed by atoms with Gasteiger partial charge in [0.2, 0.25) is 0 Å². The normalized spacial score (nSPS) is 16.2. The van der Waals surface area contributed by atoms with E-state index in [1.165, 1.54) is 17.0 Å². The first-order valence-corrected chi connectivity index (χ1v) is 10.9. The van der Waals surface area contributed by atoms with Gasteiger partial charge in [-0.3, -0.25) is 4.98 Å². The molecule has 1 atom stereocenters. The summed E-state index contributed by atoms with van der Waals surface area (Å²) < 4.78 is 38.3. The fourth-order valence-corrected chi connectivity index (χ4v) is 4.31. The van der Waals surface area contributed by atoms with Gasteiger partial charge in [0.1, 0.15) is 17.3 Å². The maximum absolute atomic E-state index is 15.4. The highest BCUT2D eigenvalue weighted by Crippen LogP contribution is 2.33. The first kappa shape index (κ1) is 22.0. The average molecular weight is 464 g/mol. The van der Waals surface area contributed by atoms with E-state index in [1.807, 2.05) is 19.1 Å². The molecule has 0 radical (unpaired) electrons. The van der Waals surface area contributed by atoms with Crippen molar-refractivity contribution >= 4 is 11.7 Å². The summed E-state index contributed by atoms with van der Waals surface area (Å²) in [6.07, 6.45) is 2.11. The number of hydrogen-bond acceptors (Lipinski definition) is 4. The number of carboxylic acid groups (broad SMARTS) is 1. The largest absolute Gasteiger partial charge is 0.465 e. The summed E-state index contributed by atoms with van der Waals surface area (Å²) in [5.41, 5.74) is 2.77. The molecular formula is C25H22F2N4O3. The highest BCUT2D eigenvalue weighted by atomic mass is 19.1. The van der Waals surface area contributed by atoms with E-state index in [4.69, 9.17) is 4.74 Å². The number of imidazole rings is 1. The van der Waals surface area contributed by atoms with Gasteiger partial charge in [0.15, 0.2) is 0 Å². The van der Waals surface area contributed by atoms with Gasteiger partial charge in [0, 0.05) is 30.9 Å². The third-order valence-corrected chi connectivity index (χ3v) is 5.95. The highest BCUT2D eigenvalue weighted by Gasteiger charge is 2.28. The molecule has 0 saturated carbocycles. The lowest BCUT2D eigenvalue weighted by atomic mass is 10.0. The maximum atomic E-state index is 15.4. The molecule has 174 valence electrons. The highest BCUT2D eigenvalue weighted by molar-refractivity contribution is 5.72. The van der Waals surface area contributed by atoms with Crippen LogP contribution in [0.5, 0.6) is 0 Å². The predicted molar refractivity (Wildman–Crippen MR) is 122 cm³/mol. The summed E-state index contributed by atoms with van der Waals surface area (Å²) in [4.78, 5) is 21.5. The van der Waals surface area contributed by atoms with E-state index in [0.717, 1.165) is 5.56 Å². The number of rotatable bonds is 4. The van der Waals surface area contributed by atoms with Crippen molar-refractivity contribution in [2.45, 2.75) is 19.4 Å². The zero-order valence-electron chi connectivity index (χ0n) is 18.4. The summed E-state index contributed by atoms with van der Waals surface area (Å²) >= 11 is 0. The van der Waals surface area contributed by atoms with Crippen molar-refractivity contribution < 1.29 is 23.4 Å². The third kappa shape index (κ3) is 4.10. The lowest BCUT2D eigenvalue weighted by molar-refractivity contribution is -0.0214. The van der Waals surface area contributed by atoms with Gasteiger partial charge in [-0.15, -0.1) is 0 Å². The summed E-state index contributed by atoms with van der Waals surface area (Å²) in [5, 5.41) is 9.36. The lowest BCUT2D eigenvalue weighted by Gasteiger charge is -2.31. The summed E-state index contributed by atoms with van der Waals surface area (Å²) in [7, 11) is 0. The van der Waals surface area contributed by atoms with E-state index >= 15 is 8.78 Å². The molecule has 1 aromatic carbocycles. The van der Waals surface area contributed by atoms with E-state index in [9.17, 15) is 9.90 Å². The van der Waals surface area contributed by atoms with Crippen molar-refractivity contribution in [1.29, 1.82) is 0 Å². The smallest absolute Gasteiger partial charge is 0.407 e. The van der Waals surface area contributed by atoms with E-state index in [2.05, 4.69) is 9.97 Å². The van der Waals surface area contributed by atoms with Crippen LogP contribution in [0, 0.1) is 18.6 Å². The predicted octanol–water partition coefficient (Wildman–Crippen LogP) is 4.57. The molecule has 1 saturated heterocycles. The molecule has 7 nitrogen and oxygen atoms in total. The SMILES string of the molecule is Cc1ccn2c(C[C@H]3CN(C(=O)O)CCO3)c(-c3c(F)cc(-c4ccccn4)cc3F)nc2c1. The fourth-order valence-electron chi connectivity index (χ4n) is 4.31. The van der Waals surface area contributed by atoms with Crippen LogP contribution < -0.4 is 0 Å². The summed E-state index contributed by atoms with van der Waals surface area (Å²) in [6, 6.07) is 11.4. The molecule has 0 aliphatic carbocycles. The van der Waals surface area contributed by atoms with Crippen LogP contribution in [0.4, 0.5) is 13.6 Å². The standard InChI is InChI=1S/C25H22F2N4O3/c1-15-5-7-31-21(13-17-14-30(25(32)33)8-9-34-17)24(29-22(31)10-15)23-18(26)11-16(12-19(23)27)20-4-2-3-6-28-20/h2-7,10-12,17H,8-9,13-14H2,1H3,(H,32,33)/t17-/m0/s1. The molecule has 4 heterocycles. The molecule has 34 heavy (non-hydrogen) atoms. The van der Waals surface area contributed by atoms with Crippen LogP contribution in [0.3, 0.4) is 0 Å². The van der Waals surface area contributed by atoms with Crippen LogP contribution in [-0.4, -0.2) is 56.3 Å². The van der Waals surface area contributed by atoms with Gasteiger partial charge < -0.3 is 19.1 Å². The average Bonchev–Trinajstić information content (AvgIpc) is 3.16. The molecule has 5 rings (SSSR count). The van der Waals surface area contributed by atoms with Crippen LogP contribution in [0.15, 0.2) is 54.9 Å². The number of carbonyl (C=O) groups is 1. The van der Waals surface area contributed by atoms with Crippen molar-refractivity contribution in [3.05, 3.63) is 77.8 Å². The topological polar surface area (TPSA) is 80.0 Å². The van der Waals surface area contributed by atoms with Crippen LogP contribution in [0.1, 0.15) is 11.3 Å². The number of benzene rings is 1. The molecule has 1 aliphatic rings. The van der Waals surface area contributed by atoms with Crippen molar-refractivity contribution in [2.75, 3.05) is 19.7 Å². The van der Waals surface area contributed by atoms with Crippen LogP contribution >= 0.6 is 0 Å². The number of ether oxygens (including phenoxy) is 1. The van der Waals surface area contributed by atoms with Gasteiger partial charge in [-0.05, 0) is 48.9 Å². The molecule has 4 aromatic rings. The Morgan fingerprint density at radius 1 is 1.21 bits per heavy atom. The second-order valence-corrected chi connectivity index (χ2v) is 8.29. The number of pyridine rings is 2. The molecule has 1 N–H and O–H groups in total. The Balaban J connectivity index is 1.60. The Labute approximate surface area is 194 Å².